The smallest absolute Gasteiger partial charge is 0.248 e. The van der Waals surface area contributed by atoms with Crippen LogP contribution < -0.4 is 5.73 Å². The number of carbonyl (C=O) groups excluding carboxylic acids is 1. The Morgan fingerprint density at radius 1 is 0.917 bits per heavy atom. The highest BCUT2D eigenvalue weighted by Crippen LogP contribution is 2.39. The molecular weight excluding hydrogens is 462 g/mol. The van der Waals surface area contributed by atoms with Gasteiger partial charge in [0.1, 0.15) is 0 Å². The van der Waals surface area contributed by atoms with Crippen LogP contribution >= 0.6 is 11.3 Å². The number of amides is 1. The summed E-state index contributed by atoms with van der Waals surface area (Å²) in [6.45, 7) is 7.38. The number of thiophene rings is 1. The van der Waals surface area contributed by atoms with Gasteiger partial charge in [0.25, 0.3) is 0 Å². The molecule has 3 heterocycles. The number of rotatable bonds is 7. The molecule has 4 nitrogen and oxygen atoms in total. The molecule has 2 aromatic carbocycles. The number of benzene rings is 2. The van der Waals surface area contributed by atoms with Crippen LogP contribution in [0.3, 0.4) is 0 Å². The van der Waals surface area contributed by atoms with Gasteiger partial charge in [-0.2, -0.15) is 0 Å². The van der Waals surface area contributed by atoms with E-state index in [4.69, 9.17) is 10.7 Å². The van der Waals surface area contributed by atoms with Gasteiger partial charge in [0.2, 0.25) is 5.91 Å². The van der Waals surface area contributed by atoms with Gasteiger partial charge in [0, 0.05) is 47.2 Å². The number of hydrogen-bond acceptors (Lipinski definition) is 4. The van der Waals surface area contributed by atoms with Crippen molar-refractivity contribution in [1.82, 2.24) is 9.88 Å². The van der Waals surface area contributed by atoms with Crippen LogP contribution in [0.5, 0.6) is 0 Å². The first kappa shape index (κ1) is 24.4. The third kappa shape index (κ3) is 4.73. The maximum absolute atomic E-state index is 12.2. The Morgan fingerprint density at radius 3 is 2.33 bits per heavy atom. The molecule has 0 atom stereocenters. The van der Waals surface area contributed by atoms with Gasteiger partial charge in [-0.25, -0.2) is 0 Å². The number of para-hydroxylation sites is 1. The second kappa shape index (κ2) is 10.8. The number of piperidine rings is 1. The molecule has 1 amide bonds. The molecule has 184 valence electrons. The van der Waals surface area contributed by atoms with Crippen molar-refractivity contribution in [1.29, 1.82) is 0 Å². The molecule has 36 heavy (non-hydrogen) atoms. The molecule has 0 saturated carbocycles. The predicted molar refractivity (Wildman–Crippen MR) is 150 cm³/mol. The van der Waals surface area contributed by atoms with E-state index in [1.165, 1.54) is 32.7 Å². The van der Waals surface area contributed by atoms with Crippen LogP contribution in [0.2, 0.25) is 0 Å². The number of pyridine rings is 1. The molecule has 1 aliphatic rings. The molecule has 0 bridgehead atoms. The van der Waals surface area contributed by atoms with E-state index in [0.29, 0.717) is 5.56 Å². The SMILES string of the molecule is CCc1c(C(N)=O)ccc(C(=C2CCN(Cc3cccs3)CC2)c2cccc3cccnc23)c1CC. The average Bonchev–Trinajstić information content (AvgIpc) is 3.42. The third-order valence-corrected chi connectivity index (χ3v) is 8.21. The van der Waals surface area contributed by atoms with E-state index in [1.807, 2.05) is 29.7 Å². The van der Waals surface area contributed by atoms with Crippen LogP contribution in [0.15, 0.2) is 71.7 Å². The predicted octanol–water partition coefficient (Wildman–Crippen LogP) is 6.62. The molecule has 1 saturated heterocycles. The number of fused-ring (bicyclic) bond motifs is 1. The molecule has 1 fully saturated rings. The summed E-state index contributed by atoms with van der Waals surface area (Å²) in [6.07, 6.45) is 5.55. The van der Waals surface area contributed by atoms with Crippen LogP contribution in [0.4, 0.5) is 0 Å². The number of nitrogens with two attached hydrogens (primary N) is 1. The van der Waals surface area contributed by atoms with E-state index in [-0.39, 0.29) is 5.91 Å². The van der Waals surface area contributed by atoms with E-state index in [9.17, 15) is 4.79 Å². The average molecular weight is 496 g/mol. The van der Waals surface area contributed by atoms with Gasteiger partial charge >= 0.3 is 0 Å². The molecule has 0 spiro atoms. The number of primary amides is 1. The summed E-state index contributed by atoms with van der Waals surface area (Å²) in [5.41, 5.74) is 14.9. The first-order chi connectivity index (χ1) is 17.6. The quantitative estimate of drug-likeness (QED) is 0.313. The van der Waals surface area contributed by atoms with Gasteiger partial charge in [0.15, 0.2) is 0 Å². The van der Waals surface area contributed by atoms with Crippen LogP contribution in [-0.2, 0) is 19.4 Å². The molecule has 1 aliphatic heterocycles. The highest BCUT2D eigenvalue weighted by molar-refractivity contribution is 7.09. The number of hydrogen-bond donors (Lipinski definition) is 1. The van der Waals surface area contributed by atoms with Crippen molar-refractivity contribution in [3.8, 4) is 0 Å². The maximum atomic E-state index is 12.2. The minimum absolute atomic E-state index is 0.351. The van der Waals surface area contributed by atoms with Crippen LogP contribution in [-0.4, -0.2) is 28.9 Å². The van der Waals surface area contributed by atoms with Gasteiger partial charge in [-0.3, -0.25) is 14.7 Å². The fourth-order valence-corrected chi connectivity index (χ4v) is 6.40. The minimum atomic E-state index is -0.351. The molecule has 2 aromatic heterocycles. The lowest BCUT2D eigenvalue weighted by atomic mass is 9.82. The van der Waals surface area contributed by atoms with Crippen LogP contribution in [0, 0.1) is 0 Å². The summed E-state index contributed by atoms with van der Waals surface area (Å²) in [5.74, 6) is -0.351. The fourth-order valence-electron chi connectivity index (χ4n) is 5.65. The molecule has 0 aliphatic carbocycles. The molecular formula is C31H33N3OS. The first-order valence-corrected chi connectivity index (χ1v) is 13.7. The third-order valence-electron chi connectivity index (χ3n) is 7.35. The lowest BCUT2D eigenvalue weighted by Crippen LogP contribution is -2.30. The van der Waals surface area contributed by atoms with Crippen LogP contribution in [0.1, 0.15) is 64.2 Å². The van der Waals surface area contributed by atoms with E-state index in [0.717, 1.165) is 61.8 Å². The Balaban J connectivity index is 1.66. The van der Waals surface area contributed by atoms with Crippen molar-refractivity contribution in [3.63, 3.8) is 0 Å². The van der Waals surface area contributed by atoms with Crippen molar-refractivity contribution in [2.45, 2.75) is 46.1 Å². The van der Waals surface area contributed by atoms with Crippen molar-refractivity contribution in [2.75, 3.05) is 13.1 Å². The highest BCUT2D eigenvalue weighted by atomic mass is 32.1. The molecule has 0 unspecified atom stereocenters. The Bertz CT molecular complexity index is 1410. The number of likely N-dealkylation sites (tertiary alicyclic amines) is 1. The standard InChI is InChI=1S/C31H33N3OS/c1-3-24-25(4-2)27(31(32)35)13-12-26(24)29(28-11-5-8-22-9-6-16-33-30(22)28)21-14-17-34(18-15-21)20-23-10-7-19-36-23/h5-13,16,19H,3-4,14-15,17-18,20H2,1-2H3,(H2,32,35). The number of carbonyl (C=O) groups is 1. The Morgan fingerprint density at radius 2 is 1.64 bits per heavy atom. The topological polar surface area (TPSA) is 59.2 Å². The summed E-state index contributed by atoms with van der Waals surface area (Å²) in [7, 11) is 0. The number of aromatic nitrogens is 1. The Kier molecular flexibility index (Phi) is 7.30. The Labute approximate surface area is 217 Å². The van der Waals surface area contributed by atoms with E-state index < -0.39 is 0 Å². The molecule has 0 radical (unpaired) electrons. The lowest BCUT2D eigenvalue weighted by molar-refractivity contribution is 0.0999. The van der Waals surface area contributed by atoms with Gasteiger partial charge < -0.3 is 5.73 Å². The largest absolute Gasteiger partial charge is 0.366 e. The normalized spacial score (nSPS) is 14.3. The first-order valence-electron chi connectivity index (χ1n) is 12.9. The fraction of sp³-hybridized carbons (Fsp3) is 0.290. The molecule has 5 heteroatoms. The van der Waals surface area contributed by atoms with Crippen molar-refractivity contribution >= 4 is 33.7 Å². The maximum Gasteiger partial charge on any atom is 0.248 e. The minimum Gasteiger partial charge on any atom is -0.366 e. The summed E-state index contributed by atoms with van der Waals surface area (Å²) < 4.78 is 0. The zero-order valence-electron chi connectivity index (χ0n) is 21.1. The lowest BCUT2D eigenvalue weighted by Gasteiger charge is -2.31. The van der Waals surface area contributed by atoms with Crippen molar-refractivity contribution < 1.29 is 4.79 Å². The van der Waals surface area contributed by atoms with Gasteiger partial charge in [-0.1, -0.05) is 55.8 Å². The number of nitrogens with zero attached hydrogens (tertiary/aromatic N) is 2. The van der Waals surface area contributed by atoms with E-state index in [1.54, 1.807) is 0 Å². The summed E-state index contributed by atoms with van der Waals surface area (Å²) in [6, 6.07) is 19.0. The van der Waals surface area contributed by atoms with E-state index in [2.05, 4.69) is 66.6 Å². The summed E-state index contributed by atoms with van der Waals surface area (Å²) in [4.78, 5) is 21.0. The van der Waals surface area contributed by atoms with Gasteiger partial charge in [-0.05, 0) is 71.5 Å². The van der Waals surface area contributed by atoms with Crippen molar-refractivity contribution in [2.24, 2.45) is 5.73 Å². The highest BCUT2D eigenvalue weighted by Gasteiger charge is 2.24. The monoisotopic (exact) mass is 495 g/mol. The van der Waals surface area contributed by atoms with Gasteiger partial charge in [0.05, 0.1) is 5.52 Å². The second-order valence-corrected chi connectivity index (χ2v) is 10.4. The zero-order chi connectivity index (χ0) is 25.1. The summed E-state index contributed by atoms with van der Waals surface area (Å²) in [5, 5.41) is 3.30. The van der Waals surface area contributed by atoms with E-state index >= 15 is 0 Å². The van der Waals surface area contributed by atoms with Crippen LogP contribution in [0.25, 0.3) is 16.5 Å². The summed E-state index contributed by atoms with van der Waals surface area (Å²) >= 11 is 1.83. The molecule has 5 rings (SSSR count). The van der Waals surface area contributed by atoms with Gasteiger partial charge in [-0.15, -0.1) is 11.3 Å². The molecule has 4 aromatic rings. The second-order valence-electron chi connectivity index (χ2n) is 9.40. The molecule has 2 N–H and O–H groups in total. The zero-order valence-corrected chi connectivity index (χ0v) is 21.9. The van der Waals surface area contributed by atoms with Crippen molar-refractivity contribution in [3.05, 3.63) is 104 Å². The Hall–Kier alpha value is -3.28.